The van der Waals surface area contributed by atoms with E-state index < -0.39 is 0 Å². The Kier molecular flexibility index (Phi) is 5.03. The molecule has 1 amide bonds. The quantitative estimate of drug-likeness (QED) is 0.625. The lowest BCUT2D eigenvalue weighted by atomic mass is 9.98. The van der Waals surface area contributed by atoms with Crippen LogP contribution in [-0.2, 0) is 14.3 Å². The van der Waals surface area contributed by atoms with E-state index >= 15 is 0 Å². The summed E-state index contributed by atoms with van der Waals surface area (Å²) in [4.78, 5) is 25.9. The summed E-state index contributed by atoms with van der Waals surface area (Å²) in [6.45, 7) is 3.47. The molecule has 2 heterocycles. The fourth-order valence-electron chi connectivity index (χ4n) is 2.92. The minimum atomic E-state index is -0.221. The third kappa shape index (κ3) is 3.69. The number of piperidine rings is 1. The van der Waals surface area contributed by atoms with Crippen LogP contribution in [0.5, 0.6) is 11.5 Å². The van der Waals surface area contributed by atoms with Crippen LogP contribution in [0.2, 0.25) is 0 Å². The van der Waals surface area contributed by atoms with Crippen molar-refractivity contribution in [1.82, 2.24) is 4.90 Å². The van der Waals surface area contributed by atoms with Crippen molar-refractivity contribution in [3.05, 3.63) is 29.8 Å². The summed E-state index contributed by atoms with van der Waals surface area (Å²) in [6, 6.07) is 5.53. The van der Waals surface area contributed by atoms with Gasteiger partial charge in [-0.25, -0.2) is 0 Å². The van der Waals surface area contributed by atoms with E-state index in [1.54, 1.807) is 17.9 Å². The van der Waals surface area contributed by atoms with Crippen LogP contribution in [-0.4, -0.2) is 43.3 Å². The topological polar surface area (TPSA) is 65.1 Å². The Morgan fingerprint density at radius 1 is 1.33 bits per heavy atom. The number of amides is 1. The van der Waals surface area contributed by atoms with Crippen molar-refractivity contribution >= 4 is 18.0 Å². The number of hydrogen-bond acceptors (Lipinski definition) is 5. The second-order valence-corrected chi connectivity index (χ2v) is 5.82. The molecule has 0 unspecified atom stereocenters. The lowest BCUT2D eigenvalue weighted by Gasteiger charge is -2.30. The second-order valence-electron chi connectivity index (χ2n) is 5.82. The molecule has 3 rings (SSSR count). The molecular weight excluding hydrogens is 310 g/mol. The molecule has 0 aliphatic carbocycles. The highest BCUT2D eigenvalue weighted by Crippen LogP contribution is 2.32. The Hall–Kier alpha value is -2.50. The highest BCUT2D eigenvalue weighted by Gasteiger charge is 2.28. The summed E-state index contributed by atoms with van der Waals surface area (Å²) in [5, 5.41) is 0. The first kappa shape index (κ1) is 16.4. The fourth-order valence-corrected chi connectivity index (χ4v) is 2.92. The van der Waals surface area contributed by atoms with Gasteiger partial charge in [-0.3, -0.25) is 9.59 Å². The molecule has 0 spiro atoms. The third-order valence-electron chi connectivity index (χ3n) is 4.17. The van der Waals surface area contributed by atoms with E-state index in [2.05, 4.69) is 0 Å². The van der Waals surface area contributed by atoms with E-state index in [0.29, 0.717) is 31.2 Å². The summed E-state index contributed by atoms with van der Waals surface area (Å²) < 4.78 is 15.6. The Morgan fingerprint density at radius 3 is 3.00 bits per heavy atom. The largest absolute Gasteiger partial charge is 0.466 e. The van der Waals surface area contributed by atoms with Gasteiger partial charge in [0.15, 0.2) is 11.5 Å². The van der Waals surface area contributed by atoms with Gasteiger partial charge in [0.05, 0.1) is 12.5 Å². The van der Waals surface area contributed by atoms with Crippen molar-refractivity contribution in [2.24, 2.45) is 5.92 Å². The number of hydrogen-bond donors (Lipinski definition) is 0. The molecule has 1 aromatic rings. The Bertz CT molecular complexity index is 655. The summed E-state index contributed by atoms with van der Waals surface area (Å²) >= 11 is 0. The van der Waals surface area contributed by atoms with E-state index in [9.17, 15) is 9.59 Å². The minimum Gasteiger partial charge on any atom is -0.466 e. The first-order chi connectivity index (χ1) is 11.7. The van der Waals surface area contributed by atoms with Gasteiger partial charge in [-0.05, 0) is 43.5 Å². The number of ether oxygens (including phenoxy) is 3. The lowest BCUT2D eigenvalue weighted by Crippen LogP contribution is -2.42. The van der Waals surface area contributed by atoms with Gasteiger partial charge in [0.25, 0.3) is 0 Å². The van der Waals surface area contributed by atoms with E-state index in [4.69, 9.17) is 14.2 Å². The zero-order chi connectivity index (χ0) is 16.9. The van der Waals surface area contributed by atoms with E-state index in [1.807, 2.05) is 18.2 Å². The molecule has 0 saturated carbocycles. The average Bonchev–Trinajstić information content (AvgIpc) is 3.07. The summed E-state index contributed by atoms with van der Waals surface area (Å²) in [6.07, 6.45) is 4.87. The predicted octanol–water partition coefficient (Wildman–Crippen LogP) is 2.23. The number of benzene rings is 1. The molecule has 24 heavy (non-hydrogen) atoms. The van der Waals surface area contributed by atoms with Crippen LogP contribution >= 0.6 is 0 Å². The van der Waals surface area contributed by atoms with Gasteiger partial charge in [0.1, 0.15) is 0 Å². The zero-order valence-electron chi connectivity index (χ0n) is 13.7. The minimum absolute atomic E-state index is 0.0957. The van der Waals surface area contributed by atoms with Crippen molar-refractivity contribution in [3.63, 3.8) is 0 Å². The molecule has 128 valence electrons. The smallest absolute Gasteiger partial charge is 0.310 e. The van der Waals surface area contributed by atoms with Crippen LogP contribution in [0.25, 0.3) is 6.08 Å². The normalized spacial score (nSPS) is 19.5. The number of fused-ring (bicyclic) bond motifs is 1. The van der Waals surface area contributed by atoms with Gasteiger partial charge in [-0.2, -0.15) is 0 Å². The van der Waals surface area contributed by atoms with Crippen LogP contribution in [0.15, 0.2) is 24.3 Å². The second kappa shape index (κ2) is 7.38. The van der Waals surface area contributed by atoms with Crippen molar-refractivity contribution in [2.45, 2.75) is 19.8 Å². The zero-order valence-corrected chi connectivity index (χ0v) is 13.7. The highest BCUT2D eigenvalue weighted by atomic mass is 16.7. The van der Waals surface area contributed by atoms with Crippen molar-refractivity contribution in [2.75, 3.05) is 26.5 Å². The van der Waals surface area contributed by atoms with Gasteiger partial charge < -0.3 is 19.1 Å². The van der Waals surface area contributed by atoms with Gasteiger partial charge in [-0.15, -0.1) is 0 Å². The molecule has 0 N–H and O–H groups in total. The van der Waals surface area contributed by atoms with E-state index in [-0.39, 0.29) is 24.6 Å². The van der Waals surface area contributed by atoms with Gasteiger partial charge >= 0.3 is 5.97 Å². The molecule has 6 heteroatoms. The predicted molar refractivity (Wildman–Crippen MR) is 87.5 cm³/mol. The summed E-state index contributed by atoms with van der Waals surface area (Å²) in [7, 11) is 0. The average molecular weight is 331 g/mol. The lowest BCUT2D eigenvalue weighted by molar-refractivity contribution is -0.150. The number of nitrogens with zero attached hydrogens (tertiary/aromatic N) is 1. The molecule has 2 aliphatic heterocycles. The molecule has 0 bridgehead atoms. The molecule has 0 radical (unpaired) electrons. The molecule has 2 aliphatic rings. The van der Waals surface area contributed by atoms with Crippen molar-refractivity contribution in [1.29, 1.82) is 0 Å². The SMILES string of the molecule is CCOC(=O)[C@@H]1CCCN(C(=O)/C=C\c2ccc3c(c2)OCO3)C1. The number of rotatable bonds is 4. The van der Waals surface area contributed by atoms with Crippen LogP contribution in [0.4, 0.5) is 0 Å². The van der Waals surface area contributed by atoms with Crippen LogP contribution in [0, 0.1) is 5.92 Å². The number of likely N-dealkylation sites (tertiary alicyclic amines) is 1. The molecule has 1 saturated heterocycles. The van der Waals surface area contributed by atoms with Gasteiger partial charge in [-0.1, -0.05) is 6.07 Å². The van der Waals surface area contributed by atoms with Gasteiger partial charge in [0, 0.05) is 19.2 Å². The maximum atomic E-state index is 12.4. The molecule has 6 nitrogen and oxygen atoms in total. The van der Waals surface area contributed by atoms with Crippen molar-refractivity contribution < 1.29 is 23.8 Å². The van der Waals surface area contributed by atoms with Crippen LogP contribution in [0.3, 0.4) is 0 Å². The molecule has 1 atom stereocenters. The number of carbonyl (C=O) groups is 2. The first-order valence-corrected chi connectivity index (χ1v) is 8.20. The highest BCUT2D eigenvalue weighted by molar-refractivity contribution is 5.92. The fraction of sp³-hybridized carbons (Fsp3) is 0.444. The van der Waals surface area contributed by atoms with E-state index in [0.717, 1.165) is 18.4 Å². The Balaban J connectivity index is 1.60. The standard InChI is InChI=1S/C18H21NO5/c1-2-22-18(21)14-4-3-9-19(11-14)17(20)8-6-13-5-7-15-16(10-13)24-12-23-15/h5-8,10,14H,2-4,9,11-12H2,1H3/b8-6-/t14-/m1/s1. The number of esters is 1. The first-order valence-electron chi connectivity index (χ1n) is 8.20. The maximum absolute atomic E-state index is 12.4. The monoisotopic (exact) mass is 331 g/mol. The Labute approximate surface area is 141 Å². The summed E-state index contributed by atoms with van der Waals surface area (Å²) in [5.74, 6) is 0.870. The van der Waals surface area contributed by atoms with Crippen LogP contribution in [0.1, 0.15) is 25.3 Å². The summed E-state index contributed by atoms with van der Waals surface area (Å²) in [5.41, 5.74) is 0.867. The van der Waals surface area contributed by atoms with Crippen LogP contribution < -0.4 is 9.47 Å². The molecule has 1 fully saturated rings. The molecule has 0 aromatic heterocycles. The Morgan fingerprint density at radius 2 is 2.17 bits per heavy atom. The van der Waals surface area contributed by atoms with E-state index in [1.165, 1.54) is 6.08 Å². The maximum Gasteiger partial charge on any atom is 0.310 e. The third-order valence-corrected chi connectivity index (χ3v) is 4.17. The molecule has 1 aromatic carbocycles. The number of carbonyl (C=O) groups excluding carboxylic acids is 2. The molecular formula is C18H21NO5. The van der Waals surface area contributed by atoms with Gasteiger partial charge in [0.2, 0.25) is 12.7 Å². The van der Waals surface area contributed by atoms with Crippen molar-refractivity contribution in [3.8, 4) is 11.5 Å².